The summed E-state index contributed by atoms with van der Waals surface area (Å²) in [5, 5.41) is 0. The van der Waals surface area contributed by atoms with E-state index < -0.39 is 0 Å². The first-order valence-electron chi connectivity index (χ1n) is 6.16. The van der Waals surface area contributed by atoms with Crippen LogP contribution in [-0.4, -0.2) is 18.5 Å². The van der Waals surface area contributed by atoms with Gasteiger partial charge in [0.2, 0.25) is 0 Å². The van der Waals surface area contributed by atoms with Gasteiger partial charge in [-0.1, -0.05) is 13.3 Å². The molecule has 2 unspecified atom stereocenters. The highest BCUT2D eigenvalue weighted by Crippen LogP contribution is 2.36. The summed E-state index contributed by atoms with van der Waals surface area (Å²) in [6.45, 7) is 4.24. The predicted octanol–water partition coefficient (Wildman–Crippen LogP) is 3.34. The molecule has 88 valence electrons. The molecule has 0 aliphatic heterocycles. The molecule has 0 aromatic carbocycles. The maximum Gasteiger partial charge on any atom is 0.133 e. The number of carbonyl (C=O) groups excluding carboxylic acids is 1. The van der Waals surface area contributed by atoms with Crippen molar-refractivity contribution < 1.29 is 9.53 Å². The van der Waals surface area contributed by atoms with Crippen molar-refractivity contribution in [2.24, 2.45) is 5.92 Å². The van der Waals surface area contributed by atoms with Gasteiger partial charge in [0.25, 0.3) is 0 Å². The SMILES string of the molecule is CCCC(=O)CC1CCCC(C)(OC)C1. The molecule has 2 atom stereocenters. The number of hydrogen-bond acceptors (Lipinski definition) is 2. The van der Waals surface area contributed by atoms with Gasteiger partial charge in [0, 0.05) is 20.0 Å². The number of hydrogen-bond donors (Lipinski definition) is 0. The lowest BCUT2D eigenvalue weighted by molar-refractivity contribution is -0.121. The second-order valence-electron chi connectivity index (χ2n) is 5.11. The summed E-state index contributed by atoms with van der Waals surface area (Å²) in [6.07, 6.45) is 7.10. The Morgan fingerprint density at radius 1 is 1.53 bits per heavy atom. The quantitative estimate of drug-likeness (QED) is 0.698. The van der Waals surface area contributed by atoms with Crippen molar-refractivity contribution in [1.29, 1.82) is 0 Å². The number of Topliss-reactive ketones (excluding diaryl/α,β-unsaturated/α-hetero) is 1. The fraction of sp³-hybridized carbons (Fsp3) is 0.923. The molecule has 1 aliphatic carbocycles. The average molecular weight is 212 g/mol. The van der Waals surface area contributed by atoms with Crippen LogP contribution in [0.3, 0.4) is 0 Å². The molecule has 0 N–H and O–H groups in total. The van der Waals surface area contributed by atoms with Crippen LogP contribution in [0.1, 0.15) is 58.8 Å². The van der Waals surface area contributed by atoms with Crippen LogP contribution in [0.15, 0.2) is 0 Å². The van der Waals surface area contributed by atoms with Crippen LogP contribution in [0.4, 0.5) is 0 Å². The van der Waals surface area contributed by atoms with E-state index in [1.165, 1.54) is 12.8 Å². The van der Waals surface area contributed by atoms with Gasteiger partial charge in [-0.2, -0.15) is 0 Å². The maximum atomic E-state index is 11.6. The number of rotatable bonds is 5. The van der Waals surface area contributed by atoms with Crippen molar-refractivity contribution in [2.45, 2.75) is 64.4 Å². The number of carbonyl (C=O) groups is 1. The summed E-state index contributed by atoms with van der Waals surface area (Å²) < 4.78 is 5.54. The molecule has 2 nitrogen and oxygen atoms in total. The third-order valence-electron chi connectivity index (χ3n) is 3.58. The van der Waals surface area contributed by atoms with E-state index in [2.05, 4.69) is 13.8 Å². The predicted molar refractivity (Wildman–Crippen MR) is 61.9 cm³/mol. The van der Waals surface area contributed by atoms with Crippen molar-refractivity contribution >= 4 is 5.78 Å². The van der Waals surface area contributed by atoms with E-state index in [1.807, 2.05) is 0 Å². The zero-order chi connectivity index (χ0) is 11.3. The number of ether oxygens (including phenoxy) is 1. The van der Waals surface area contributed by atoms with E-state index in [0.717, 1.165) is 32.1 Å². The van der Waals surface area contributed by atoms with Crippen LogP contribution in [0, 0.1) is 5.92 Å². The Balaban J connectivity index is 2.39. The van der Waals surface area contributed by atoms with Crippen molar-refractivity contribution in [3.63, 3.8) is 0 Å². The molecule has 0 saturated heterocycles. The lowest BCUT2D eigenvalue weighted by Crippen LogP contribution is -2.34. The Morgan fingerprint density at radius 3 is 2.87 bits per heavy atom. The molecule has 0 bridgehead atoms. The van der Waals surface area contributed by atoms with E-state index in [1.54, 1.807) is 7.11 Å². The van der Waals surface area contributed by atoms with Crippen molar-refractivity contribution in [3.05, 3.63) is 0 Å². The Labute approximate surface area is 93.4 Å². The van der Waals surface area contributed by atoms with Gasteiger partial charge in [-0.05, 0) is 38.5 Å². The van der Waals surface area contributed by atoms with Gasteiger partial charge in [0.1, 0.15) is 5.78 Å². The summed E-state index contributed by atoms with van der Waals surface area (Å²) in [7, 11) is 1.79. The molecule has 1 aliphatic rings. The molecule has 0 heterocycles. The topological polar surface area (TPSA) is 26.3 Å². The molecule has 0 spiro atoms. The van der Waals surface area contributed by atoms with Gasteiger partial charge >= 0.3 is 0 Å². The summed E-state index contributed by atoms with van der Waals surface area (Å²) in [4.78, 5) is 11.6. The maximum absolute atomic E-state index is 11.6. The first kappa shape index (κ1) is 12.7. The van der Waals surface area contributed by atoms with Crippen LogP contribution < -0.4 is 0 Å². The minimum atomic E-state index is 0.0232. The fourth-order valence-electron chi connectivity index (χ4n) is 2.64. The molecular weight excluding hydrogens is 188 g/mol. The van der Waals surface area contributed by atoms with Gasteiger partial charge in [-0.3, -0.25) is 4.79 Å². The Morgan fingerprint density at radius 2 is 2.27 bits per heavy atom. The van der Waals surface area contributed by atoms with Gasteiger partial charge in [0.05, 0.1) is 5.60 Å². The zero-order valence-corrected chi connectivity index (χ0v) is 10.3. The Bertz CT molecular complexity index is 213. The van der Waals surface area contributed by atoms with Crippen LogP contribution in [0.2, 0.25) is 0 Å². The second kappa shape index (κ2) is 5.64. The van der Waals surface area contributed by atoms with Crippen molar-refractivity contribution in [3.8, 4) is 0 Å². The number of methoxy groups -OCH3 is 1. The minimum Gasteiger partial charge on any atom is -0.379 e. The Hall–Kier alpha value is -0.370. The third-order valence-corrected chi connectivity index (χ3v) is 3.58. The van der Waals surface area contributed by atoms with Crippen LogP contribution in [-0.2, 0) is 9.53 Å². The summed E-state index contributed by atoms with van der Waals surface area (Å²) in [5.74, 6) is 0.991. The monoisotopic (exact) mass is 212 g/mol. The molecule has 1 rings (SSSR count). The van der Waals surface area contributed by atoms with Crippen LogP contribution in [0.25, 0.3) is 0 Å². The molecule has 0 aromatic heterocycles. The lowest BCUT2D eigenvalue weighted by Gasteiger charge is -2.36. The van der Waals surface area contributed by atoms with E-state index in [0.29, 0.717) is 11.7 Å². The molecule has 2 heteroatoms. The Kier molecular flexibility index (Phi) is 4.78. The van der Waals surface area contributed by atoms with Gasteiger partial charge in [0.15, 0.2) is 0 Å². The molecular formula is C13H24O2. The first-order chi connectivity index (χ1) is 7.09. The molecule has 1 saturated carbocycles. The van der Waals surface area contributed by atoms with E-state index in [9.17, 15) is 4.79 Å². The molecule has 0 radical (unpaired) electrons. The average Bonchev–Trinajstić information content (AvgIpc) is 2.18. The van der Waals surface area contributed by atoms with Gasteiger partial charge < -0.3 is 4.74 Å². The second-order valence-corrected chi connectivity index (χ2v) is 5.11. The lowest BCUT2D eigenvalue weighted by atomic mass is 9.77. The smallest absolute Gasteiger partial charge is 0.133 e. The fourth-order valence-corrected chi connectivity index (χ4v) is 2.64. The van der Waals surface area contributed by atoms with E-state index in [-0.39, 0.29) is 5.60 Å². The van der Waals surface area contributed by atoms with Crippen molar-refractivity contribution in [1.82, 2.24) is 0 Å². The highest BCUT2D eigenvalue weighted by atomic mass is 16.5. The van der Waals surface area contributed by atoms with E-state index in [4.69, 9.17) is 4.74 Å². The van der Waals surface area contributed by atoms with Gasteiger partial charge in [-0.15, -0.1) is 0 Å². The number of ketones is 1. The largest absolute Gasteiger partial charge is 0.379 e. The van der Waals surface area contributed by atoms with Crippen LogP contribution >= 0.6 is 0 Å². The normalized spacial score (nSPS) is 31.5. The highest BCUT2D eigenvalue weighted by molar-refractivity contribution is 5.78. The summed E-state index contributed by atoms with van der Waals surface area (Å²) >= 11 is 0. The highest BCUT2D eigenvalue weighted by Gasteiger charge is 2.32. The van der Waals surface area contributed by atoms with Gasteiger partial charge in [-0.25, -0.2) is 0 Å². The minimum absolute atomic E-state index is 0.0232. The standard InChI is InChI=1S/C13H24O2/c1-4-6-12(14)9-11-7-5-8-13(2,10-11)15-3/h11H,4-10H2,1-3H3. The summed E-state index contributed by atoms with van der Waals surface area (Å²) in [5.41, 5.74) is 0.0232. The van der Waals surface area contributed by atoms with E-state index >= 15 is 0 Å². The molecule has 1 fully saturated rings. The molecule has 0 aromatic rings. The zero-order valence-electron chi connectivity index (χ0n) is 10.3. The summed E-state index contributed by atoms with van der Waals surface area (Å²) in [6, 6.07) is 0. The molecule has 15 heavy (non-hydrogen) atoms. The first-order valence-corrected chi connectivity index (χ1v) is 6.16. The van der Waals surface area contributed by atoms with Crippen LogP contribution in [0.5, 0.6) is 0 Å². The third kappa shape index (κ3) is 3.94. The molecule has 0 amide bonds. The van der Waals surface area contributed by atoms with Crippen molar-refractivity contribution in [2.75, 3.05) is 7.11 Å².